The molecule has 0 radical (unpaired) electrons. The smallest absolute Gasteiger partial charge is 0.359 e. The number of likely N-dealkylation sites (tertiary alicyclic amines) is 1. The molecule has 212 valence electrons. The maximum absolute atomic E-state index is 13.3. The Morgan fingerprint density at radius 2 is 1.92 bits per heavy atom. The van der Waals surface area contributed by atoms with Crippen molar-refractivity contribution in [1.29, 1.82) is 0 Å². The summed E-state index contributed by atoms with van der Waals surface area (Å²) in [5.41, 5.74) is 0.0331. The number of ether oxygens (including phenoxy) is 3. The van der Waals surface area contributed by atoms with Gasteiger partial charge in [-0.15, -0.1) is 11.8 Å². The van der Waals surface area contributed by atoms with Gasteiger partial charge in [0.2, 0.25) is 5.91 Å². The van der Waals surface area contributed by atoms with Gasteiger partial charge in [-0.3, -0.25) is 19.8 Å². The summed E-state index contributed by atoms with van der Waals surface area (Å²) in [6.45, 7) is 5.59. The molecular weight excluding hydrogens is 540 g/mol. The number of amides is 1. The second kappa shape index (κ2) is 15.0. The minimum atomic E-state index is -4.08. The number of β-lactam (4-membered cyclic amide) rings is 1. The van der Waals surface area contributed by atoms with Gasteiger partial charge in [0.15, 0.2) is 17.7 Å². The van der Waals surface area contributed by atoms with Gasteiger partial charge in [-0.25, -0.2) is 4.79 Å². The Kier molecular flexibility index (Phi) is 12.5. The molecule has 1 aromatic rings. The van der Waals surface area contributed by atoms with Gasteiger partial charge in [0, 0.05) is 25.2 Å². The molecule has 1 aliphatic rings. The van der Waals surface area contributed by atoms with Crippen LogP contribution in [0.4, 0.5) is 5.69 Å². The highest BCUT2D eigenvalue weighted by atomic mass is 32.2. The Balaban J connectivity index is 2.36. The first-order valence-corrected chi connectivity index (χ1v) is 15.0. The molecule has 38 heavy (non-hydrogen) atoms. The molecule has 0 spiro atoms. The molecule has 0 bridgehead atoms. The van der Waals surface area contributed by atoms with E-state index < -0.39 is 32.7 Å². The lowest BCUT2D eigenvalue weighted by Crippen LogP contribution is -2.52. The molecule has 1 heterocycles. The molecule has 1 amide bonds. The van der Waals surface area contributed by atoms with Gasteiger partial charge in [0.25, 0.3) is 5.69 Å². The van der Waals surface area contributed by atoms with Crippen molar-refractivity contribution in [3.63, 3.8) is 0 Å². The fourth-order valence-corrected chi connectivity index (χ4v) is 5.30. The number of esters is 1. The lowest BCUT2D eigenvalue weighted by molar-refractivity contribution is -0.384. The summed E-state index contributed by atoms with van der Waals surface area (Å²) in [6.07, 6.45) is 2.14. The zero-order valence-electron chi connectivity index (χ0n) is 21.9. The first-order chi connectivity index (χ1) is 18.0. The molecule has 12 nitrogen and oxygen atoms in total. The van der Waals surface area contributed by atoms with Crippen LogP contribution in [0.15, 0.2) is 35.7 Å². The topological polar surface area (TPSA) is 152 Å². The van der Waals surface area contributed by atoms with Crippen molar-refractivity contribution in [3.8, 4) is 0 Å². The number of carbonyl (C=O) groups is 2. The molecule has 1 fully saturated rings. The van der Waals surface area contributed by atoms with E-state index in [0.29, 0.717) is 12.2 Å². The van der Waals surface area contributed by atoms with Crippen molar-refractivity contribution >= 4 is 39.4 Å². The zero-order valence-corrected chi connectivity index (χ0v) is 23.5. The van der Waals surface area contributed by atoms with Gasteiger partial charge in [-0.2, -0.15) is 8.42 Å². The van der Waals surface area contributed by atoms with Gasteiger partial charge >= 0.3 is 16.1 Å². The monoisotopic (exact) mass is 574 g/mol. The van der Waals surface area contributed by atoms with Crippen LogP contribution < -0.4 is 0 Å². The van der Waals surface area contributed by atoms with E-state index in [2.05, 4.69) is 0 Å². The average molecular weight is 575 g/mol. The molecule has 2 unspecified atom stereocenters. The fraction of sp³-hybridized carbons (Fsp3) is 0.583. The molecule has 2 atom stereocenters. The Morgan fingerprint density at radius 1 is 1.24 bits per heavy atom. The molecule has 0 aliphatic carbocycles. The number of carbonyl (C=O) groups excluding carboxylic acids is 2. The van der Waals surface area contributed by atoms with Crippen LogP contribution in [0.3, 0.4) is 0 Å². The number of thioether (sulfide) groups is 1. The van der Waals surface area contributed by atoms with Crippen LogP contribution in [0.5, 0.6) is 0 Å². The highest BCUT2D eigenvalue weighted by Gasteiger charge is 2.44. The number of non-ortho nitro benzene ring substituents is 1. The van der Waals surface area contributed by atoms with Crippen molar-refractivity contribution in [3.05, 3.63) is 51.4 Å². The summed E-state index contributed by atoms with van der Waals surface area (Å²) in [6, 6.07) is 5.41. The number of hydrogen-bond acceptors (Lipinski definition) is 11. The Labute approximate surface area is 226 Å². The lowest BCUT2D eigenvalue weighted by Gasteiger charge is -2.40. The summed E-state index contributed by atoms with van der Waals surface area (Å²) >= 11 is 1.48. The van der Waals surface area contributed by atoms with E-state index in [1.165, 1.54) is 40.9 Å². The van der Waals surface area contributed by atoms with Gasteiger partial charge in [-0.1, -0.05) is 13.3 Å². The Hall–Kier alpha value is -2.68. The van der Waals surface area contributed by atoms with Crippen molar-refractivity contribution in [2.24, 2.45) is 0 Å². The SMILES string of the molecule is CCCCSC1CC(=O)N1C(C(=O)OCc1ccc([N+](=O)[O-])cc1)=C(CCOC(C)OCC)OS(C)(=O)=O. The molecule has 2 rings (SSSR count). The highest BCUT2D eigenvalue weighted by molar-refractivity contribution is 8.00. The average Bonchev–Trinajstić information content (AvgIpc) is 2.84. The molecule has 0 aromatic heterocycles. The molecular formula is C24H34N2O10S2. The number of nitro groups is 1. The second-order valence-corrected chi connectivity index (χ2v) is 11.2. The van der Waals surface area contributed by atoms with Crippen LogP contribution in [0.1, 0.15) is 52.0 Å². The van der Waals surface area contributed by atoms with E-state index in [9.17, 15) is 28.1 Å². The van der Waals surface area contributed by atoms with Crippen LogP contribution in [0.2, 0.25) is 0 Å². The quantitative estimate of drug-likeness (QED) is 0.0308. The zero-order chi connectivity index (χ0) is 28.3. The fourth-order valence-electron chi connectivity index (χ4n) is 3.41. The largest absolute Gasteiger partial charge is 0.456 e. The van der Waals surface area contributed by atoms with Gasteiger partial charge in [0.1, 0.15) is 6.61 Å². The predicted octanol–water partition coefficient (Wildman–Crippen LogP) is 3.71. The second-order valence-electron chi connectivity index (χ2n) is 8.35. The van der Waals surface area contributed by atoms with Crippen molar-refractivity contribution in [2.45, 2.75) is 64.7 Å². The van der Waals surface area contributed by atoms with Crippen LogP contribution in [-0.2, 0) is 44.7 Å². The summed E-state index contributed by atoms with van der Waals surface area (Å²) in [5, 5.41) is 10.5. The van der Waals surface area contributed by atoms with E-state index in [0.717, 1.165) is 24.9 Å². The minimum absolute atomic E-state index is 0.0547. The van der Waals surface area contributed by atoms with Crippen molar-refractivity contribution < 1.29 is 41.3 Å². The van der Waals surface area contributed by atoms with E-state index in [1.807, 2.05) is 6.92 Å². The van der Waals surface area contributed by atoms with E-state index in [-0.39, 0.29) is 49.1 Å². The van der Waals surface area contributed by atoms with E-state index in [1.54, 1.807) is 13.8 Å². The molecule has 14 heteroatoms. The summed E-state index contributed by atoms with van der Waals surface area (Å²) < 4.78 is 45.7. The standard InChI is InChI=1S/C24H34N2O10S2/c1-5-7-14-37-22-15-21(27)25(22)23(20(36-38(4,31)32)12-13-34-17(3)33-6-2)24(28)35-16-18-8-10-19(11-9-18)26(29)30/h8-11,17,22H,5-7,12-16H2,1-4H3. The summed E-state index contributed by atoms with van der Waals surface area (Å²) in [5.74, 6) is -0.875. The van der Waals surface area contributed by atoms with Crippen LogP contribution in [0, 0.1) is 10.1 Å². The predicted molar refractivity (Wildman–Crippen MR) is 140 cm³/mol. The molecule has 1 aromatic carbocycles. The number of nitro benzene ring substituents is 1. The first kappa shape index (κ1) is 31.5. The summed E-state index contributed by atoms with van der Waals surface area (Å²) in [4.78, 5) is 37.6. The molecule has 0 N–H and O–H groups in total. The normalized spacial score (nSPS) is 16.9. The summed E-state index contributed by atoms with van der Waals surface area (Å²) in [7, 11) is -4.08. The maximum atomic E-state index is 13.3. The number of nitrogens with zero attached hydrogens (tertiary/aromatic N) is 2. The van der Waals surface area contributed by atoms with Crippen LogP contribution >= 0.6 is 11.8 Å². The van der Waals surface area contributed by atoms with Crippen LogP contribution in [-0.4, -0.2) is 67.0 Å². The van der Waals surface area contributed by atoms with Gasteiger partial charge in [0.05, 0.1) is 29.6 Å². The van der Waals surface area contributed by atoms with E-state index >= 15 is 0 Å². The van der Waals surface area contributed by atoms with Crippen molar-refractivity contribution in [2.75, 3.05) is 25.2 Å². The third-order valence-electron chi connectivity index (χ3n) is 5.26. The molecule has 0 saturated carbocycles. The number of unbranched alkanes of at least 4 members (excludes halogenated alkanes) is 1. The lowest BCUT2D eigenvalue weighted by atomic mass is 10.1. The van der Waals surface area contributed by atoms with E-state index in [4.69, 9.17) is 18.4 Å². The number of hydrogen-bond donors (Lipinski definition) is 0. The van der Waals surface area contributed by atoms with Crippen molar-refractivity contribution in [1.82, 2.24) is 4.90 Å². The Bertz CT molecular complexity index is 1110. The number of rotatable bonds is 17. The third kappa shape index (κ3) is 9.89. The third-order valence-corrected chi connectivity index (χ3v) is 7.06. The maximum Gasteiger partial charge on any atom is 0.359 e. The first-order valence-electron chi connectivity index (χ1n) is 12.2. The Morgan fingerprint density at radius 3 is 2.47 bits per heavy atom. The molecule has 1 saturated heterocycles. The van der Waals surface area contributed by atoms with Crippen LogP contribution in [0.25, 0.3) is 0 Å². The molecule has 1 aliphatic heterocycles. The minimum Gasteiger partial charge on any atom is -0.456 e. The van der Waals surface area contributed by atoms with Gasteiger partial charge < -0.3 is 18.4 Å². The highest BCUT2D eigenvalue weighted by Crippen LogP contribution is 2.36. The van der Waals surface area contributed by atoms with Gasteiger partial charge in [-0.05, 0) is 43.7 Å². The number of benzene rings is 1.